The van der Waals surface area contributed by atoms with Crippen molar-refractivity contribution in [3.8, 4) is 11.3 Å². The fourth-order valence-corrected chi connectivity index (χ4v) is 4.60. The SMILES string of the molecule is O=C(NC1CCCCCC1)c1cnn2c(C(F)(F)F)cc(-c3cccc4ccccc34)nc12. The fourth-order valence-electron chi connectivity index (χ4n) is 4.60. The first-order chi connectivity index (χ1) is 15.9. The zero-order valence-electron chi connectivity index (χ0n) is 17.9. The standard InChI is InChI=1S/C25H23F3N4O/c26-25(27,28)22-14-21(19-13-7-9-16-8-5-6-12-18(16)19)31-23-20(15-29-32(22)23)24(33)30-17-10-3-1-2-4-11-17/h5-9,12-15,17H,1-4,10-11H2,(H,30,33). The summed E-state index contributed by atoms with van der Waals surface area (Å²) in [6.45, 7) is 0. The van der Waals surface area contributed by atoms with E-state index < -0.39 is 17.8 Å². The van der Waals surface area contributed by atoms with Crippen molar-refractivity contribution in [2.24, 2.45) is 0 Å². The molecule has 0 atom stereocenters. The number of hydrogen-bond donors (Lipinski definition) is 1. The van der Waals surface area contributed by atoms with E-state index in [2.05, 4.69) is 15.4 Å². The van der Waals surface area contributed by atoms with E-state index in [0.29, 0.717) is 5.56 Å². The Balaban J connectivity index is 1.63. The smallest absolute Gasteiger partial charge is 0.349 e. The second kappa shape index (κ2) is 8.50. The summed E-state index contributed by atoms with van der Waals surface area (Å²) in [5.74, 6) is -0.437. The van der Waals surface area contributed by atoms with E-state index in [-0.39, 0.29) is 22.9 Å². The Morgan fingerprint density at radius 2 is 1.73 bits per heavy atom. The summed E-state index contributed by atoms with van der Waals surface area (Å²) in [6.07, 6.45) is 2.57. The van der Waals surface area contributed by atoms with Crippen LogP contribution in [-0.2, 0) is 6.18 Å². The molecule has 2 aromatic heterocycles. The lowest BCUT2D eigenvalue weighted by Crippen LogP contribution is -2.34. The van der Waals surface area contributed by atoms with Gasteiger partial charge in [-0.3, -0.25) is 4.79 Å². The van der Waals surface area contributed by atoms with Crippen molar-refractivity contribution in [1.82, 2.24) is 19.9 Å². The number of carbonyl (C=O) groups is 1. The van der Waals surface area contributed by atoms with Crippen molar-refractivity contribution in [3.05, 3.63) is 66.0 Å². The molecule has 170 valence electrons. The van der Waals surface area contributed by atoms with E-state index in [9.17, 15) is 18.0 Å². The van der Waals surface area contributed by atoms with Crippen molar-refractivity contribution in [2.75, 3.05) is 0 Å². The average molecular weight is 452 g/mol. The molecule has 5 rings (SSSR count). The largest absolute Gasteiger partial charge is 0.433 e. The molecule has 1 aliphatic carbocycles. The molecule has 8 heteroatoms. The molecule has 33 heavy (non-hydrogen) atoms. The Morgan fingerprint density at radius 3 is 2.48 bits per heavy atom. The van der Waals surface area contributed by atoms with E-state index in [0.717, 1.165) is 59.9 Å². The molecule has 0 aliphatic heterocycles. The van der Waals surface area contributed by atoms with Crippen LogP contribution in [0.15, 0.2) is 54.7 Å². The number of alkyl halides is 3. The number of rotatable bonds is 3. The van der Waals surface area contributed by atoms with Gasteiger partial charge in [0, 0.05) is 11.6 Å². The number of aromatic nitrogens is 3. The highest BCUT2D eigenvalue weighted by atomic mass is 19.4. The van der Waals surface area contributed by atoms with Crippen LogP contribution in [0.4, 0.5) is 13.2 Å². The molecule has 2 aromatic carbocycles. The number of fused-ring (bicyclic) bond motifs is 2. The van der Waals surface area contributed by atoms with Crippen LogP contribution in [0.1, 0.15) is 54.6 Å². The Bertz CT molecular complexity index is 1320. The lowest BCUT2D eigenvalue weighted by molar-refractivity contribution is -0.142. The van der Waals surface area contributed by atoms with Gasteiger partial charge in [0.1, 0.15) is 5.56 Å². The van der Waals surface area contributed by atoms with Crippen LogP contribution in [0.5, 0.6) is 0 Å². The van der Waals surface area contributed by atoms with Gasteiger partial charge in [-0.15, -0.1) is 0 Å². The normalized spacial score (nSPS) is 15.6. The molecule has 1 amide bonds. The molecule has 1 N–H and O–H groups in total. The van der Waals surface area contributed by atoms with Gasteiger partial charge in [-0.1, -0.05) is 68.1 Å². The van der Waals surface area contributed by atoms with Gasteiger partial charge >= 0.3 is 6.18 Å². The predicted molar refractivity (Wildman–Crippen MR) is 120 cm³/mol. The first-order valence-electron chi connectivity index (χ1n) is 11.2. The summed E-state index contributed by atoms with van der Waals surface area (Å²) >= 11 is 0. The van der Waals surface area contributed by atoms with Gasteiger partial charge in [0.15, 0.2) is 11.3 Å². The molecule has 1 fully saturated rings. The number of nitrogens with zero attached hydrogens (tertiary/aromatic N) is 3. The van der Waals surface area contributed by atoms with Gasteiger partial charge in [-0.2, -0.15) is 18.3 Å². The molecule has 1 aliphatic rings. The summed E-state index contributed by atoms with van der Waals surface area (Å²) in [5, 5.41) is 8.55. The molecule has 0 saturated heterocycles. The van der Waals surface area contributed by atoms with Crippen LogP contribution in [0, 0.1) is 0 Å². The maximum Gasteiger partial charge on any atom is 0.433 e. The quantitative estimate of drug-likeness (QED) is 0.387. The Morgan fingerprint density at radius 1 is 1.00 bits per heavy atom. The average Bonchev–Trinajstić information content (AvgIpc) is 3.06. The molecule has 4 aromatic rings. The lowest BCUT2D eigenvalue weighted by Gasteiger charge is -2.16. The van der Waals surface area contributed by atoms with Crippen molar-refractivity contribution in [3.63, 3.8) is 0 Å². The number of benzene rings is 2. The molecule has 5 nitrogen and oxygen atoms in total. The summed E-state index contributed by atoms with van der Waals surface area (Å²) in [4.78, 5) is 17.5. The number of amides is 1. The minimum atomic E-state index is -4.67. The molecule has 0 bridgehead atoms. The van der Waals surface area contributed by atoms with Gasteiger partial charge in [-0.05, 0) is 29.7 Å². The van der Waals surface area contributed by atoms with Crippen molar-refractivity contribution in [1.29, 1.82) is 0 Å². The number of nitrogens with one attached hydrogen (secondary N) is 1. The Kier molecular flexibility index (Phi) is 5.52. The fraction of sp³-hybridized carbons (Fsp3) is 0.320. The van der Waals surface area contributed by atoms with Crippen LogP contribution in [-0.4, -0.2) is 26.5 Å². The van der Waals surface area contributed by atoms with E-state index in [1.807, 2.05) is 30.3 Å². The van der Waals surface area contributed by atoms with Crippen molar-refractivity contribution in [2.45, 2.75) is 50.7 Å². The van der Waals surface area contributed by atoms with Crippen molar-refractivity contribution >= 4 is 22.3 Å². The van der Waals surface area contributed by atoms with Crippen LogP contribution >= 0.6 is 0 Å². The molecule has 0 radical (unpaired) electrons. The van der Waals surface area contributed by atoms with Crippen molar-refractivity contribution < 1.29 is 18.0 Å². The van der Waals surface area contributed by atoms with Crippen LogP contribution in [0.2, 0.25) is 0 Å². The summed E-state index contributed by atoms with van der Waals surface area (Å²) < 4.78 is 42.6. The molecular weight excluding hydrogens is 429 g/mol. The maximum absolute atomic E-state index is 14.0. The van der Waals surface area contributed by atoms with E-state index in [1.165, 1.54) is 6.20 Å². The van der Waals surface area contributed by atoms with Crippen LogP contribution in [0.25, 0.3) is 27.7 Å². The van der Waals surface area contributed by atoms with E-state index >= 15 is 0 Å². The minimum Gasteiger partial charge on any atom is -0.349 e. The summed E-state index contributed by atoms with van der Waals surface area (Å²) in [6, 6.07) is 13.9. The van der Waals surface area contributed by atoms with Gasteiger partial charge in [0.05, 0.1) is 11.9 Å². The highest BCUT2D eigenvalue weighted by Crippen LogP contribution is 2.35. The first-order valence-corrected chi connectivity index (χ1v) is 11.2. The summed E-state index contributed by atoms with van der Waals surface area (Å²) in [7, 11) is 0. The van der Waals surface area contributed by atoms with Gasteiger partial charge in [-0.25, -0.2) is 9.50 Å². The Hall–Kier alpha value is -3.42. The monoisotopic (exact) mass is 452 g/mol. The number of halogens is 3. The third-order valence-electron chi connectivity index (χ3n) is 6.26. The third kappa shape index (κ3) is 4.17. The third-order valence-corrected chi connectivity index (χ3v) is 6.26. The topological polar surface area (TPSA) is 59.3 Å². The molecule has 1 saturated carbocycles. The second-order valence-electron chi connectivity index (χ2n) is 8.51. The zero-order chi connectivity index (χ0) is 23.0. The Labute approximate surface area is 188 Å². The molecular formula is C25H23F3N4O. The predicted octanol–water partition coefficient (Wildman–Crippen LogP) is 6.02. The highest BCUT2D eigenvalue weighted by Gasteiger charge is 2.36. The highest BCUT2D eigenvalue weighted by molar-refractivity contribution is 6.01. The van der Waals surface area contributed by atoms with Gasteiger partial charge in [0.2, 0.25) is 0 Å². The number of hydrogen-bond acceptors (Lipinski definition) is 3. The van der Waals surface area contributed by atoms with Crippen LogP contribution in [0.3, 0.4) is 0 Å². The molecule has 2 heterocycles. The van der Waals surface area contributed by atoms with E-state index in [4.69, 9.17) is 0 Å². The summed E-state index contributed by atoms with van der Waals surface area (Å²) in [5.41, 5.74) is -0.303. The number of carbonyl (C=O) groups excluding carboxylic acids is 1. The molecule has 0 unspecified atom stereocenters. The van der Waals surface area contributed by atoms with E-state index in [1.54, 1.807) is 12.1 Å². The first kappa shape index (κ1) is 21.4. The van der Waals surface area contributed by atoms with Crippen LogP contribution < -0.4 is 5.32 Å². The maximum atomic E-state index is 14.0. The lowest BCUT2D eigenvalue weighted by atomic mass is 10.0. The zero-order valence-corrected chi connectivity index (χ0v) is 17.9. The molecule has 0 spiro atoms. The minimum absolute atomic E-state index is 0.0123. The van der Waals surface area contributed by atoms with Gasteiger partial charge < -0.3 is 5.32 Å². The second-order valence-corrected chi connectivity index (χ2v) is 8.51. The van der Waals surface area contributed by atoms with Gasteiger partial charge in [0.25, 0.3) is 5.91 Å².